The van der Waals surface area contributed by atoms with Gasteiger partial charge in [0.15, 0.2) is 0 Å². The molecule has 0 aromatic heterocycles. The molecule has 2 heterocycles. The number of fused-ring (bicyclic) bond motifs is 3. The fourth-order valence-corrected chi connectivity index (χ4v) is 2.40. The number of hydrogen-bond donors (Lipinski definition) is 0. The molecule has 2 aliphatic heterocycles. The van der Waals surface area contributed by atoms with Gasteiger partial charge < -0.3 is 4.90 Å². The summed E-state index contributed by atoms with van der Waals surface area (Å²) in [5.74, 6) is 1.15. The quantitative estimate of drug-likeness (QED) is 0.798. The minimum Gasteiger partial charge on any atom is -0.304 e. The molecular weight excluding hydrogens is 226 g/mol. The molecule has 1 aromatic carbocycles. The van der Waals surface area contributed by atoms with Gasteiger partial charge >= 0.3 is 0 Å². The first-order valence-corrected chi connectivity index (χ1v) is 6.21. The first-order chi connectivity index (χ1) is 8.66. The maximum atomic E-state index is 12.0. The predicted molar refractivity (Wildman–Crippen MR) is 71.2 cm³/mol. The highest BCUT2D eigenvalue weighted by molar-refractivity contribution is 6.19. The van der Waals surface area contributed by atoms with Gasteiger partial charge in [-0.1, -0.05) is 26.0 Å². The van der Waals surface area contributed by atoms with Gasteiger partial charge in [0.05, 0.1) is 12.0 Å². The van der Waals surface area contributed by atoms with E-state index in [1.165, 1.54) is 0 Å². The van der Waals surface area contributed by atoms with Crippen molar-refractivity contribution in [2.24, 2.45) is 15.9 Å². The van der Waals surface area contributed by atoms with Crippen LogP contribution in [-0.4, -0.2) is 29.0 Å². The van der Waals surface area contributed by atoms with Crippen LogP contribution in [0.25, 0.3) is 0 Å². The van der Waals surface area contributed by atoms with Gasteiger partial charge in [0.25, 0.3) is 5.91 Å². The highest BCUT2D eigenvalue weighted by atomic mass is 16.2. The molecule has 3 rings (SSSR count). The lowest BCUT2D eigenvalue weighted by Crippen LogP contribution is -2.39. The van der Waals surface area contributed by atoms with Crippen molar-refractivity contribution >= 4 is 23.8 Å². The summed E-state index contributed by atoms with van der Waals surface area (Å²) in [4.78, 5) is 22.5. The standard InChI is InChI=1S/C14H15N3O/c1-9(2)7-12-14(18)16-13-10-5-3-4-6-11(10)15-8-17(12)13/h3-6,8-9,12H,7H2,1-2H3. The first kappa shape index (κ1) is 11.1. The van der Waals surface area contributed by atoms with Crippen molar-refractivity contribution in [3.05, 3.63) is 29.8 Å². The van der Waals surface area contributed by atoms with Gasteiger partial charge in [-0.3, -0.25) is 4.79 Å². The van der Waals surface area contributed by atoms with Crippen molar-refractivity contribution in [3.8, 4) is 0 Å². The fraction of sp³-hybridized carbons (Fsp3) is 0.357. The molecule has 0 N–H and O–H groups in total. The molecule has 0 radical (unpaired) electrons. The van der Waals surface area contributed by atoms with Gasteiger partial charge in [-0.25, -0.2) is 4.99 Å². The van der Waals surface area contributed by atoms with Crippen molar-refractivity contribution in [1.82, 2.24) is 4.90 Å². The second-order valence-electron chi connectivity index (χ2n) is 5.09. The van der Waals surface area contributed by atoms with Crippen LogP contribution < -0.4 is 0 Å². The second-order valence-corrected chi connectivity index (χ2v) is 5.09. The Labute approximate surface area is 106 Å². The lowest BCUT2D eigenvalue weighted by Gasteiger charge is -2.26. The number of aliphatic imine (C=N–C) groups is 2. The molecule has 92 valence electrons. The van der Waals surface area contributed by atoms with E-state index >= 15 is 0 Å². The highest BCUT2D eigenvalue weighted by Gasteiger charge is 2.37. The van der Waals surface area contributed by atoms with E-state index in [2.05, 4.69) is 23.8 Å². The van der Waals surface area contributed by atoms with Gasteiger partial charge in [0, 0.05) is 5.56 Å². The van der Waals surface area contributed by atoms with E-state index in [1.54, 1.807) is 6.34 Å². The molecule has 0 saturated carbocycles. The van der Waals surface area contributed by atoms with Gasteiger partial charge in [-0.05, 0) is 24.5 Å². The first-order valence-electron chi connectivity index (χ1n) is 6.21. The fourth-order valence-electron chi connectivity index (χ4n) is 2.40. The molecule has 0 aliphatic carbocycles. The predicted octanol–water partition coefficient (Wildman–Crippen LogP) is 2.36. The third kappa shape index (κ3) is 1.65. The van der Waals surface area contributed by atoms with E-state index in [9.17, 15) is 4.79 Å². The summed E-state index contributed by atoms with van der Waals surface area (Å²) in [6, 6.07) is 7.60. The van der Waals surface area contributed by atoms with Crippen LogP contribution in [-0.2, 0) is 4.79 Å². The molecule has 2 aliphatic rings. The molecule has 0 bridgehead atoms. The number of hydrogen-bond acceptors (Lipinski definition) is 3. The number of amides is 1. The maximum Gasteiger partial charge on any atom is 0.270 e. The lowest BCUT2D eigenvalue weighted by atomic mass is 10.0. The van der Waals surface area contributed by atoms with Gasteiger partial charge in [0.1, 0.15) is 11.9 Å². The molecule has 0 spiro atoms. The van der Waals surface area contributed by atoms with Crippen LogP contribution in [0.4, 0.5) is 5.69 Å². The molecule has 1 aromatic rings. The van der Waals surface area contributed by atoms with Crippen molar-refractivity contribution in [3.63, 3.8) is 0 Å². The third-order valence-electron chi connectivity index (χ3n) is 3.24. The normalized spacial score (nSPS) is 21.1. The number of rotatable bonds is 2. The molecule has 4 heteroatoms. The smallest absolute Gasteiger partial charge is 0.270 e. The summed E-state index contributed by atoms with van der Waals surface area (Å²) in [7, 11) is 0. The Bertz CT molecular complexity index is 560. The minimum atomic E-state index is -0.183. The zero-order valence-electron chi connectivity index (χ0n) is 10.5. The largest absolute Gasteiger partial charge is 0.304 e. The number of para-hydroxylation sites is 1. The molecule has 1 amide bonds. The van der Waals surface area contributed by atoms with Crippen LogP contribution in [0.3, 0.4) is 0 Å². The van der Waals surface area contributed by atoms with E-state index in [1.807, 2.05) is 29.2 Å². The summed E-state index contributed by atoms with van der Waals surface area (Å²) in [5, 5.41) is 0. The molecule has 1 atom stereocenters. The molecule has 18 heavy (non-hydrogen) atoms. The molecular formula is C14H15N3O. The number of nitrogens with zero attached hydrogens (tertiary/aromatic N) is 3. The van der Waals surface area contributed by atoms with Crippen molar-refractivity contribution in [2.45, 2.75) is 26.3 Å². The van der Waals surface area contributed by atoms with Crippen molar-refractivity contribution in [1.29, 1.82) is 0 Å². The van der Waals surface area contributed by atoms with E-state index < -0.39 is 0 Å². The number of benzene rings is 1. The summed E-state index contributed by atoms with van der Waals surface area (Å²) >= 11 is 0. The van der Waals surface area contributed by atoms with Gasteiger partial charge in [0.2, 0.25) is 0 Å². The number of carbonyl (C=O) groups excluding carboxylic acids is 1. The summed E-state index contributed by atoms with van der Waals surface area (Å²) in [5.41, 5.74) is 1.82. The Morgan fingerprint density at radius 2 is 2.11 bits per heavy atom. The lowest BCUT2D eigenvalue weighted by molar-refractivity contribution is -0.120. The Balaban J connectivity index is 2.00. The summed E-state index contributed by atoms with van der Waals surface area (Å²) in [6.45, 7) is 4.22. The second kappa shape index (κ2) is 4.05. The summed E-state index contributed by atoms with van der Waals surface area (Å²) in [6.07, 6.45) is 2.54. The van der Waals surface area contributed by atoms with Crippen molar-refractivity contribution in [2.75, 3.05) is 0 Å². The maximum absolute atomic E-state index is 12.0. The Kier molecular flexibility index (Phi) is 2.51. The third-order valence-corrected chi connectivity index (χ3v) is 3.24. The average Bonchev–Trinajstić information content (AvgIpc) is 2.66. The van der Waals surface area contributed by atoms with E-state index in [4.69, 9.17) is 0 Å². The van der Waals surface area contributed by atoms with Crippen LogP contribution in [0, 0.1) is 5.92 Å². The highest BCUT2D eigenvalue weighted by Crippen LogP contribution is 2.30. The Morgan fingerprint density at radius 1 is 1.33 bits per heavy atom. The molecule has 4 nitrogen and oxygen atoms in total. The van der Waals surface area contributed by atoms with E-state index in [0.717, 1.165) is 23.5 Å². The number of amidine groups is 1. The molecule has 1 unspecified atom stereocenters. The van der Waals surface area contributed by atoms with Crippen LogP contribution in [0.5, 0.6) is 0 Å². The molecule has 0 saturated heterocycles. The topological polar surface area (TPSA) is 45.0 Å². The van der Waals surface area contributed by atoms with E-state index in [-0.39, 0.29) is 11.9 Å². The van der Waals surface area contributed by atoms with Crippen LogP contribution in [0.1, 0.15) is 25.8 Å². The van der Waals surface area contributed by atoms with Gasteiger partial charge in [-0.2, -0.15) is 4.99 Å². The average molecular weight is 241 g/mol. The monoisotopic (exact) mass is 241 g/mol. The van der Waals surface area contributed by atoms with Gasteiger partial charge in [-0.15, -0.1) is 0 Å². The number of carbonyl (C=O) groups is 1. The van der Waals surface area contributed by atoms with Crippen LogP contribution >= 0.6 is 0 Å². The van der Waals surface area contributed by atoms with Crippen molar-refractivity contribution < 1.29 is 4.79 Å². The molecule has 0 fully saturated rings. The SMILES string of the molecule is CC(C)CC1C(=O)N=C2c3ccccc3N=CN21. The Hall–Kier alpha value is -1.97. The zero-order valence-corrected chi connectivity index (χ0v) is 10.5. The zero-order chi connectivity index (χ0) is 12.7. The summed E-state index contributed by atoms with van der Waals surface area (Å²) < 4.78 is 0. The minimum absolute atomic E-state index is 0.0538. The van der Waals surface area contributed by atoms with Crippen LogP contribution in [0.15, 0.2) is 34.3 Å². The Morgan fingerprint density at radius 3 is 2.89 bits per heavy atom. The van der Waals surface area contributed by atoms with Crippen LogP contribution in [0.2, 0.25) is 0 Å². The van der Waals surface area contributed by atoms with E-state index in [0.29, 0.717) is 5.92 Å².